The first kappa shape index (κ1) is 19.9. The maximum absolute atomic E-state index is 13.1. The topological polar surface area (TPSA) is 38.3 Å². The number of hydrogen-bond donors (Lipinski definition) is 1. The number of para-hydroxylation sites is 1. The van der Waals surface area contributed by atoms with E-state index in [-0.39, 0.29) is 12.3 Å². The largest absolute Gasteiger partial charge is 0.489 e. The number of carbonyl (C=O) groups is 1. The Hall–Kier alpha value is -2.80. The van der Waals surface area contributed by atoms with Gasteiger partial charge in [-0.05, 0) is 60.7 Å². The minimum absolute atomic E-state index is 0.263. The highest BCUT2D eigenvalue weighted by molar-refractivity contribution is 7.12. The van der Waals surface area contributed by atoms with Crippen molar-refractivity contribution >= 4 is 22.9 Å². The van der Waals surface area contributed by atoms with Gasteiger partial charge in [0.15, 0.2) is 0 Å². The maximum atomic E-state index is 13.1. The van der Waals surface area contributed by atoms with Gasteiger partial charge in [-0.15, -0.1) is 11.3 Å². The van der Waals surface area contributed by atoms with E-state index in [9.17, 15) is 18.0 Å². The molecule has 1 heterocycles. The van der Waals surface area contributed by atoms with Gasteiger partial charge in [0.1, 0.15) is 12.4 Å². The number of alkyl halides is 3. The lowest BCUT2D eigenvalue weighted by molar-refractivity contribution is -0.136. The summed E-state index contributed by atoms with van der Waals surface area (Å²) in [5, 5.41) is 4.10. The van der Waals surface area contributed by atoms with E-state index in [0.29, 0.717) is 4.88 Å². The van der Waals surface area contributed by atoms with Crippen LogP contribution in [0.15, 0.2) is 53.9 Å². The number of halogens is 3. The second kappa shape index (κ2) is 8.06. The van der Waals surface area contributed by atoms with Crippen molar-refractivity contribution in [2.24, 2.45) is 0 Å². The van der Waals surface area contributed by atoms with E-state index < -0.39 is 17.6 Å². The highest BCUT2D eigenvalue weighted by atomic mass is 32.1. The molecule has 0 aliphatic rings. The molecule has 0 saturated heterocycles. The zero-order valence-corrected chi connectivity index (χ0v) is 16.1. The van der Waals surface area contributed by atoms with Gasteiger partial charge in [0, 0.05) is 5.56 Å². The third-order valence-electron chi connectivity index (χ3n) is 3.96. The molecule has 0 saturated carbocycles. The molecule has 28 heavy (non-hydrogen) atoms. The van der Waals surface area contributed by atoms with E-state index in [1.54, 1.807) is 11.4 Å². The van der Waals surface area contributed by atoms with E-state index in [4.69, 9.17) is 4.74 Å². The molecule has 7 heteroatoms. The molecular formula is C21H18F3NO2S. The van der Waals surface area contributed by atoms with E-state index in [1.807, 2.05) is 32.0 Å². The molecule has 0 fully saturated rings. The Morgan fingerprint density at radius 1 is 1.07 bits per heavy atom. The smallest absolute Gasteiger partial charge is 0.418 e. The van der Waals surface area contributed by atoms with E-state index in [0.717, 1.165) is 39.8 Å². The van der Waals surface area contributed by atoms with Crippen molar-refractivity contribution in [1.82, 2.24) is 0 Å². The van der Waals surface area contributed by atoms with Crippen molar-refractivity contribution in [2.45, 2.75) is 26.6 Å². The van der Waals surface area contributed by atoms with E-state index in [2.05, 4.69) is 5.32 Å². The quantitative estimate of drug-likeness (QED) is 0.548. The van der Waals surface area contributed by atoms with Crippen LogP contribution in [0.3, 0.4) is 0 Å². The van der Waals surface area contributed by atoms with Crippen molar-refractivity contribution in [3.63, 3.8) is 0 Å². The fourth-order valence-corrected chi connectivity index (χ4v) is 3.57. The van der Waals surface area contributed by atoms with Gasteiger partial charge < -0.3 is 10.1 Å². The summed E-state index contributed by atoms with van der Waals surface area (Å²) in [6, 6.07) is 12.4. The van der Waals surface area contributed by atoms with Crippen LogP contribution in [0.25, 0.3) is 0 Å². The Labute approximate surface area is 164 Å². The molecule has 1 amide bonds. The van der Waals surface area contributed by atoms with Crippen molar-refractivity contribution in [3.8, 4) is 5.75 Å². The minimum atomic E-state index is -4.54. The fourth-order valence-electron chi connectivity index (χ4n) is 2.78. The van der Waals surface area contributed by atoms with Gasteiger partial charge in [0.25, 0.3) is 5.91 Å². The molecule has 0 aliphatic carbocycles. The summed E-state index contributed by atoms with van der Waals surface area (Å²) in [6.07, 6.45) is -4.54. The molecule has 1 aromatic heterocycles. The molecule has 0 radical (unpaired) electrons. The van der Waals surface area contributed by atoms with Crippen molar-refractivity contribution in [1.29, 1.82) is 0 Å². The minimum Gasteiger partial charge on any atom is -0.489 e. The Morgan fingerprint density at radius 3 is 2.43 bits per heavy atom. The van der Waals surface area contributed by atoms with Crippen LogP contribution in [-0.2, 0) is 12.8 Å². The number of aryl methyl sites for hydroxylation is 2. The average Bonchev–Trinajstić information content (AvgIpc) is 3.08. The van der Waals surface area contributed by atoms with Gasteiger partial charge >= 0.3 is 6.18 Å². The number of ether oxygens (including phenoxy) is 1. The zero-order chi connectivity index (χ0) is 20.3. The Morgan fingerprint density at radius 2 is 1.75 bits per heavy atom. The number of anilines is 1. The highest BCUT2D eigenvalue weighted by Crippen LogP contribution is 2.35. The zero-order valence-electron chi connectivity index (χ0n) is 15.3. The molecule has 0 aliphatic heterocycles. The number of hydrogen-bond acceptors (Lipinski definition) is 3. The third-order valence-corrected chi connectivity index (χ3v) is 4.94. The molecule has 2 aromatic carbocycles. The summed E-state index contributed by atoms with van der Waals surface area (Å²) < 4.78 is 44.9. The van der Waals surface area contributed by atoms with Crippen LogP contribution in [0.1, 0.15) is 31.9 Å². The molecule has 3 nitrogen and oxygen atoms in total. The van der Waals surface area contributed by atoms with Crippen LogP contribution in [-0.4, -0.2) is 5.91 Å². The summed E-state index contributed by atoms with van der Waals surface area (Å²) in [4.78, 5) is 12.7. The summed E-state index contributed by atoms with van der Waals surface area (Å²) in [7, 11) is 0. The standard InChI is InChI=1S/C21H18F3NO2S/c1-13-7-14(2)9-16(8-13)27-11-15-10-19(28-12-15)20(26)25-18-6-4-3-5-17(18)21(22,23)24/h3-10,12H,11H2,1-2H3,(H,25,26). The number of rotatable bonds is 5. The first-order valence-electron chi connectivity index (χ1n) is 8.48. The number of nitrogens with one attached hydrogen (secondary N) is 1. The lowest BCUT2D eigenvalue weighted by Crippen LogP contribution is -2.15. The SMILES string of the molecule is Cc1cc(C)cc(OCc2csc(C(=O)Nc3ccccc3C(F)(F)F)c2)c1. The van der Waals surface area contributed by atoms with Crippen LogP contribution in [0.2, 0.25) is 0 Å². The van der Waals surface area contributed by atoms with Gasteiger partial charge in [0.2, 0.25) is 0 Å². The van der Waals surface area contributed by atoms with Gasteiger partial charge in [0.05, 0.1) is 16.1 Å². The van der Waals surface area contributed by atoms with Gasteiger partial charge in [-0.25, -0.2) is 0 Å². The number of carbonyl (C=O) groups excluding carboxylic acids is 1. The van der Waals surface area contributed by atoms with Crippen molar-refractivity contribution in [3.05, 3.63) is 81.0 Å². The Bertz CT molecular complexity index is 975. The molecule has 0 spiro atoms. The first-order chi connectivity index (χ1) is 13.2. The predicted molar refractivity (Wildman–Crippen MR) is 104 cm³/mol. The fraction of sp³-hybridized carbons (Fsp3) is 0.190. The third kappa shape index (κ3) is 4.92. The molecule has 0 unspecified atom stereocenters. The van der Waals surface area contributed by atoms with Crippen LogP contribution in [0.4, 0.5) is 18.9 Å². The van der Waals surface area contributed by atoms with Crippen LogP contribution in [0, 0.1) is 13.8 Å². The van der Waals surface area contributed by atoms with E-state index in [1.165, 1.54) is 18.2 Å². The Balaban J connectivity index is 1.68. The van der Waals surface area contributed by atoms with Crippen LogP contribution < -0.4 is 10.1 Å². The Kier molecular flexibility index (Phi) is 5.74. The second-order valence-electron chi connectivity index (χ2n) is 6.43. The molecule has 146 valence electrons. The summed E-state index contributed by atoms with van der Waals surface area (Å²) >= 11 is 1.16. The number of benzene rings is 2. The average molecular weight is 405 g/mol. The summed E-state index contributed by atoms with van der Waals surface area (Å²) in [5.41, 5.74) is 1.81. The summed E-state index contributed by atoms with van der Waals surface area (Å²) in [5.74, 6) is 0.146. The second-order valence-corrected chi connectivity index (χ2v) is 7.34. The maximum Gasteiger partial charge on any atom is 0.418 e. The molecule has 0 bridgehead atoms. The van der Waals surface area contributed by atoms with Crippen molar-refractivity contribution < 1.29 is 22.7 Å². The number of amides is 1. The highest BCUT2D eigenvalue weighted by Gasteiger charge is 2.33. The van der Waals surface area contributed by atoms with Gasteiger partial charge in [-0.2, -0.15) is 13.2 Å². The van der Waals surface area contributed by atoms with Crippen LogP contribution >= 0.6 is 11.3 Å². The molecule has 1 N–H and O–H groups in total. The summed E-state index contributed by atoms with van der Waals surface area (Å²) in [6.45, 7) is 4.23. The monoisotopic (exact) mass is 405 g/mol. The van der Waals surface area contributed by atoms with Gasteiger partial charge in [-0.1, -0.05) is 18.2 Å². The first-order valence-corrected chi connectivity index (χ1v) is 9.36. The molecule has 0 atom stereocenters. The molecule has 3 rings (SSSR count). The van der Waals surface area contributed by atoms with Gasteiger partial charge in [-0.3, -0.25) is 4.79 Å². The molecule has 3 aromatic rings. The van der Waals surface area contributed by atoms with Crippen molar-refractivity contribution in [2.75, 3.05) is 5.32 Å². The molecular weight excluding hydrogens is 387 g/mol. The lowest BCUT2D eigenvalue weighted by atomic mass is 10.1. The number of thiophene rings is 1. The van der Waals surface area contributed by atoms with E-state index >= 15 is 0 Å². The predicted octanol–water partition coefficient (Wildman–Crippen LogP) is 6.22. The normalized spacial score (nSPS) is 11.3. The lowest BCUT2D eigenvalue weighted by Gasteiger charge is -2.12. The van der Waals surface area contributed by atoms with Crippen LogP contribution in [0.5, 0.6) is 5.75 Å².